The van der Waals surface area contributed by atoms with Crippen molar-refractivity contribution in [3.05, 3.63) is 29.3 Å². The van der Waals surface area contributed by atoms with Gasteiger partial charge in [0.2, 0.25) is 0 Å². The van der Waals surface area contributed by atoms with Gasteiger partial charge in [0.1, 0.15) is 12.0 Å². The van der Waals surface area contributed by atoms with Crippen LogP contribution in [0.5, 0.6) is 5.75 Å². The number of carbonyl (C=O) groups excluding carboxylic acids is 1. The molecule has 1 fully saturated rings. The molecule has 16 heavy (non-hydrogen) atoms. The molecule has 1 aromatic rings. The molecule has 4 heteroatoms. The number of benzene rings is 1. The van der Waals surface area contributed by atoms with Crippen LogP contribution in [0.4, 0.5) is 0 Å². The summed E-state index contributed by atoms with van der Waals surface area (Å²) in [6.45, 7) is 0. The molecule has 0 spiro atoms. The number of carboxylic acids is 1. The fraction of sp³-hybridized carbons (Fsp3) is 0.333. The predicted octanol–water partition coefficient (Wildman–Crippen LogP) is 1.71. The van der Waals surface area contributed by atoms with Crippen LogP contribution in [0.25, 0.3) is 0 Å². The van der Waals surface area contributed by atoms with Crippen LogP contribution < -0.4 is 0 Å². The second-order valence-electron chi connectivity index (χ2n) is 4.13. The lowest BCUT2D eigenvalue weighted by molar-refractivity contribution is -0.147. The maximum Gasteiger partial charge on any atom is 0.314 e. The summed E-state index contributed by atoms with van der Waals surface area (Å²) >= 11 is 0. The fourth-order valence-corrected chi connectivity index (χ4v) is 2.19. The van der Waals surface area contributed by atoms with E-state index in [-0.39, 0.29) is 5.75 Å². The molecular weight excluding hydrogens is 208 g/mol. The average Bonchev–Trinajstić information content (AvgIpc) is 2.15. The molecule has 1 aliphatic carbocycles. The van der Waals surface area contributed by atoms with E-state index in [0.29, 0.717) is 30.3 Å². The van der Waals surface area contributed by atoms with Crippen LogP contribution >= 0.6 is 0 Å². The van der Waals surface area contributed by atoms with Crippen LogP contribution in [0, 0.1) is 0 Å². The van der Waals surface area contributed by atoms with Gasteiger partial charge in [-0.25, -0.2) is 0 Å². The van der Waals surface area contributed by atoms with E-state index >= 15 is 0 Å². The fourth-order valence-electron chi connectivity index (χ4n) is 2.19. The van der Waals surface area contributed by atoms with Gasteiger partial charge in [0.05, 0.1) is 5.41 Å². The summed E-state index contributed by atoms with van der Waals surface area (Å²) in [5.74, 6) is -0.930. The smallest absolute Gasteiger partial charge is 0.314 e. The van der Waals surface area contributed by atoms with Crippen molar-refractivity contribution in [2.75, 3.05) is 0 Å². The molecule has 1 saturated carbocycles. The van der Waals surface area contributed by atoms with E-state index in [0.717, 1.165) is 6.42 Å². The molecule has 0 unspecified atom stereocenters. The van der Waals surface area contributed by atoms with Crippen molar-refractivity contribution < 1.29 is 19.8 Å². The normalized spacial score (nSPS) is 17.5. The molecule has 2 rings (SSSR count). The van der Waals surface area contributed by atoms with Gasteiger partial charge in [-0.15, -0.1) is 0 Å². The van der Waals surface area contributed by atoms with Crippen LogP contribution in [0.1, 0.15) is 35.2 Å². The highest BCUT2D eigenvalue weighted by molar-refractivity contribution is 5.88. The van der Waals surface area contributed by atoms with Crippen molar-refractivity contribution in [1.82, 2.24) is 0 Å². The maximum atomic E-state index is 11.3. The van der Waals surface area contributed by atoms with Crippen LogP contribution in [0.15, 0.2) is 18.2 Å². The lowest BCUT2D eigenvalue weighted by Crippen LogP contribution is -2.43. The second kappa shape index (κ2) is 3.63. The highest BCUT2D eigenvalue weighted by atomic mass is 16.4. The zero-order valence-electron chi connectivity index (χ0n) is 8.64. The van der Waals surface area contributed by atoms with Gasteiger partial charge < -0.3 is 10.2 Å². The Balaban J connectivity index is 2.57. The molecule has 0 heterocycles. The van der Waals surface area contributed by atoms with Gasteiger partial charge >= 0.3 is 5.97 Å². The van der Waals surface area contributed by atoms with E-state index in [1.165, 1.54) is 18.2 Å². The Hall–Kier alpha value is -1.84. The third-order valence-corrected chi connectivity index (χ3v) is 3.30. The zero-order chi connectivity index (χ0) is 11.8. The van der Waals surface area contributed by atoms with Crippen molar-refractivity contribution in [2.24, 2.45) is 0 Å². The number of carbonyl (C=O) groups is 2. The molecule has 1 aliphatic rings. The monoisotopic (exact) mass is 220 g/mol. The van der Waals surface area contributed by atoms with E-state index in [9.17, 15) is 19.8 Å². The van der Waals surface area contributed by atoms with Crippen LogP contribution in [0.2, 0.25) is 0 Å². The Bertz CT molecular complexity index is 446. The lowest BCUT2D eigenvalue weighted by Gasteiger charge is -2.38. The molecule has 4 nitrogen and oxygen atoms in total. The topological polar surface area (TPSA) is 74.6 Å². The molecule has 0 atom stereocenters. The van der Waals surface area contributed by atoms with Gasteiger partial charge in [0.15, 0.2) is 0 Å². The first kappa shape index (κ1) is 10.7. The lowest BCUT2D eigenvalue weighted by atomic mass is 9.63. The molecular formula is C12H12O4. The number of phenolic OH excluding ortho intramolecular Hbond substituents is 1. The Morgan fingerprint density at radius 1 is 1.38 bits per heavy atom. The van der Waals surface area contributed by atoms with E-state index < -0.39 is 11.4 Å². The predicted molar refractivity (Wildman–Crippen MR) is 56.7 cm³/mol. The molecule has 0 amide bonds. The molecule has 2 N–H and O–H groups in total. The first-order valence-electron chi connectivity index (χ1n) is 5.12. The Morgan fingerprint density at radius 2 is 2.06 bits per heavy atom. The molecule has 0 radical (unpaired) electrons. The second-order valence-corrected chi connectivity index (χ2v) is 4.13. The average molecular weight is 220 g/mol. The van der Waals surface area contributed by atoms with Crippen molar-refractivity contribution in [2.45, 2.75) is 24.7 Å². The van der Waals surface area contributed by atoms with Gasteiger partial charge in [-0.3, -0.25) is 9.59 Å². The van der Waals surface area contributed by atoms with Gasteiger partial charge in [0.25, 0.3) is 0 Å². The largest absolute Gasteiger partial charge is 0.508 e. The van der Waals surface area contributed by atoms with E-state index in [1.807, 2.05) is 0 Å². The molecule has 0 aliphatic heterocycles. The van der Waals surface area contributed by atoms with E-state index in [1.54, 1.807) is 0 Å². The summed E-state index contributed by atoms with van der Waals surface area (Å²) in [7, 11) is 0. The summed E-state index contributed by atoms with van der Waals surface area (Å²) in [5.41, 5.74) is -0.198. The Kier molecular flexibility index (Phi) is 2.42. The number of phenols is 1. The van der Waals surface area contributed by atoms with Gasteiger partial charge in [-0.05, 0) is 36.6 Å². The van der Waals surface area contributed by atoms with Crippen LogP contribution in [0.3, 0.4) is 0 Å². The molecule has 84 valence electrons. The highest BCUT2D eigenvalue weighted by Crippen LogP contribution is 2.45. The quantitative estimate of drug-likeness (QED) is 0.760. The standard InChI is InChI=1S/C12H12O4/c13-7-8-2-3-9(14)6-10(8)12(11(15)16)4-1-5-12/h2-3,6-7,14H,1,4-5H2,(H,15,16). The zero-order valence-corrected chi connectivity index (χ0v) is 8.64. The summed E-state index contributed by atoms with van der Waals surface area (Å²) in [4.78, 5) is 22.2. The number of aliphatic carboxylic acids is 1. The summed E-state index contributed by atoms with van der Waals surface area (Å²) in [6, 6.07) is 4.24. The summed E-state index contributed by atoms with van der Waals surface area (Å²) in [6.07, 6.45) is 2.51. The molecule has 0 aromatic heterocycles. The minimum absolute atomic E-state index is 0.00637. The first-order chi connectivity index (χ1) is 7.60. The third-order valence-electron chi connectivity index (χ3n) is 3.30. The third kappa shape index (κ3) is 1.38. The van der Waals surface area contributed by atoms with Crippen molar-refractivity contribution in [1.29, 1.82) is 0 Å². The number of aromatic hydroxyl groups is 1. The number of hydrogen-bond donors (Lipinski definition) is 2. The molecule has 1 aromatic carbocycles. The Morgan fingerprint density at radius 3 is 2.50 bits per heavy atom. The maximum absolute atomic E-state index is 11.3. The number of hydrogen-bond acceptors (Lipinski definition) is 3. The SMILES string of the molecule is O=Cc1ccc(O)cc1C1(C(=O)O)CCC1. The minimum atomic E-state index is -0.977. The molecule has 0 bridgehead atoms. The minimum Gasteiger partial charge on any atom is -0.508 e. The highest BCUT2D eigenvalue weighted by Gasteiger charge is 2.47. The number of aldehydes is 1. The van der Waals surface area contributed by atoms with E-state index in [4.69, 9.17) is 0 Å². The van der Waals surface area contributed by atoms with Crippen molar-refractivity contribution in [3.63, 3.8) is 0 Å². The van der Waals surface area contributed by atoms with Gasteiger partial charge in [-0.2, -0.15) is 0 Å². The van der Waals surface area contributed by atoms with Gasteiger partial charge in [-0.1, -0.05) is 6.42 Å². The first-order valence-corrected chi connectivity index (χ1v) is 5.12. The van der Waals surface area contributed by atoms with Crippen LogP contribution in [-0.4, -0.2) is 22.5 Å². The van der Waals surface area contributed by atoms with Crippen molar-refractivity contribution >= 4 is 12.3 Å². The van der Waals surface area contributed by atoms with Gasteiger partial charge in [0, 0.05) is 5.56 Å². The number of carboxylic acid groups (broad SMARTS) is 1. The summed E-state index contributed by atoms with van der Waals surface area (Å²) in [5, 5.41) is 18.6. The van der Waals surface area contributed by atoms with Crippen molar-refractivity contribution in [3.8, 4) is 5.75 Å². The summed E-state index contributed by atoms with van der Waals surface area (Å²) < 4.78 is 0. The Labute approximate surface area is 92.5 Å². The molecule has 0 saturated heterocycles. The van der Waals surface area contributed by atoms with E-state index in [2.05, 4.69) is 0 Å². The van der Waals surface area contributed by atoms with Crippen LogP contribution in [-0.2, 0) is 10.2 Å². The number of rotatable bonds is 3.